The lowest BCUT2D eigenvalue weighted by Gasteiger charge is -2.31. The molecule has 2 saturated heterocycles. The molecule has 0 radical (unpaired) electrons. The van der Waals surface area contributed by atoms with Crippen LogP contribution in [0.4, 0.5) is 5.69 Å². The molecule has 2 aromatic rings. The first-order valence-electron chi connectivity index (χ1n) is 11.8. The van der Waals surface area contributed by atoms with E-state index in [9.17, 15) is 21.6 Å². The Morgan fingerprint density at radius 2 is 1.67 bits per heavy atom. The number of carbonyl (C=O) groups excluding carboxylic acids is 1. The van der Waals surface area contributed by atoms with Crippen molar-refractivity contribution in [2.45, 2.75) is 29.6 Å². The first kappa shape index (κ1) is 26.6. The van der Waals surface area contributed by atoms with Crippen molar-refractivity contribution in [2.24, 2.45) is 5.92 Å². The molecule has 0 aliphatic carbocycles. The van der Waals surface area contributed by atoms with E-state index in [1.807, 2.05) is 6.92 Å². The Bertz CT molecular complexity index is 1310. The van der Waals surface area contributed by atoms with Crippen molar-refractivity contribution < 1.29 is 31.1 Å². The summed E-state index contributed by atoms with van der Waals surface area (Å²) < 4.78 is 65.8. The molecular weight excluding hydrogens is 506 g/mol. The number of methoxy groups -OCH3 is 1. The molecule has 0 saturated carbocycles. The Morgan fingerprint density at radius 3 is 2.33 bits per heavy atom. The van der Waals surface area contributed by atoms with Gasteiger partial charge in [0, 0.05) is 31.9 Å². The zero-order valence-electron chi connectivity index (χ0n) is 20.3. The quantitative estimate of drug-likeness (QED) is 0.574. The molecule has 12 heteroatoms. The molecule has 0 bridgehead atoms. The average Bonchev–Trinajstić information content (AvgIpc) is 2.89. The van der Waals surface area contributed by atoms with E-state index in [1.54, 1.807) is 30.3 Å². The van der Waals surface area contributed by atoms with Crippen LogP contribution < -0.4 is 10.1 Å². The van der Waals surface area contributed by atoms with Crippen LogP contribution >= 0.6 is 0 Å². The number of aryl methyl sites for hydroxylation is 1. The number of piperidine rings is 1. The fraction of sp³-hybridized carbons (Fsp3) is 0.458. The predicted molar refractivity (Wildman–Crippen MR) is 134 cm³/mol. The van der Waals surface area contributed by atoms with Gasteiger partial charge in [-0.15, -0.1) is 0 Å². The van der Waals surface area contributed by atoms with Gasteiger partial charge >= 0.3 is 0 Å². The Hall–Kier alpha value is -2.51. The molecule has 1 amide bonds. The number of nitrogens with one attached hydrogen (secondary N) is 1. The van der Waals surface area contributed by atoms with Crippen LogP contribution in [0.15, 0.2) is 52.3 Å². The van der Waals surface area contributed by atoms with E-state index in [4.69, 9.17) is 9.47 Å². The first-order chi connectivity index (χ1) is 17.1. The summed E-state index contributed by atoms with van der Waals surface area (Å²) in [6.45, 7) is 3.35. The van der Waals surface area contributed by atoms with Crippen LogP contribution in [0, 0.1) is 12.8 Å². The van der Waals surface area contributed by atoms with Gasteiger partial charge in [0.2, 0.25) is 26.0 Å². The van der Waals surface area contributed by atoms with Crippen LogP contribution in [0.3, 0.4) is 0 Å². The van der Waals surface area contributed by atoms with Crippen molar-refractivity contribution in [2.75, 3.05) is 51.8 Å². The topological polar surface area (TPSA) is 122 Å². The second-order valence-corrected chi connectivity index (χ2v) is 12.7. The van der Waals surface area contributed by atoms with Gasteiger partial charge < -0.3 is 14.8 Å². The molecule has 1 N–H and O–H groups in total. The van der Waals surface area contributed by atoms with E-state index in [-0.39, 0.29) is 41.1 Å². The summed E-state index contributed by atoms with van der Waals surface area (Å²) in [6.07, 6.45) is 1.07. The zero-order valence-corrected chi connectivity index (χ0v) is 22.0. The van der Waals surface area contributed by atoms with Crippen LogP contribution in [-0.4, -0.2) is 77.9 Å². The fourth-order valence-corrected chi connectivity index (χ4v) is 7.47. The Morgan fingerprint density at radius 1 is 0.972 bits per heavy atom. The number of carbonyl (C=O) groups is 1. The summed E-state index contributed by atoms with van der Waals surface area (Å²) in [5.41, 5.74) is 1.26. The molecule has 10 nitrogen and oxygen atoms in total. The highest BCUT2D eigenvalue weighted by Gasteiger charge is 2.34. The lowest BCUT2D eigenvalue weighted by atomic mass is 9.98. The second kappa shape index (κ2) is 10.9. The maximum absolute atomic E-state index is 13.2. The molecule has 4 rings (SSSR count). The number of ether oxygens (including phenoxy) is 2. The third-order valence-corrected chi connectivity index (χ3v) is 10.2. The van der Waals surface area contributed by atoms with E-state index in [2.05, 4.69) is 5.32 Å². The normalized spacial score (nSPS) is 20.1. The molecule has 36 heavy (non-hydrogen) atoms. The van der Waals surface area contributed by atoms with Gasteiger partial charge in [-0.1, -0.05) is 17.7 Å². The smallest absolute Gasteiger partial charge is 0.246 e. The monoisotopic (exact) mass is 537 g/mol. The van der Waals surface area contributed by atoms with Gasteiger partial charge in [-0.05, 0) is 50.1 Å². The van der Waals surface area contributed by atoms with Gasteiger partial charge in [0.05, 0.1) is 31.1 Å². The van der Waals surface area contributed by atoms with E-state index < -0.39 is 26.0 Å². The molecule has 0 aromatic heterocycles. The molecule has 0 spiro atoms. The predicted octanol–water partition coefficient (Wildman–Crippen LogP) is 2.06. The highest BCUT2D eigenvalue weighted by Crippen LogP contribution is 2.31. The number of sulfonamides is 2. The van der Waals surface area contributed by atoms with Crippen LogP contribution in [0.25, 0.3) is 0 Å². The number of morpholine rings is 1. The van der Waals surface area contributed by atoms with E-state index in [0.717, 1.165) is 5.56 Å². The van der Waals surface area contributed by atoms with Crippen molar-refractivity contribution in [3.05, 3.63) is 48.0 Å². The van der Waals surface area contributed by atoms with E-state index in [1.165, 1.54) is 27.9 Å². The van der Waals surface area contributed by atoms with Gasteiger partial charge in [0.15, 0.2) is 0 Å². The molecule has 1 atom stereocenters. The Kier molecular flexibility index (Phi) is 8.00. The van der Waals surface area contributed by atoms with Crippen LogP contribution in [0.5, 0.6) is 5.75 Å². The number of rotatable bonds is 7. The maximum atomic E-state index is 13.2. The number of nitrogens with zero attached hydrogens (tertiary/aromatic N) is 2. The van der Waals surface area contributed by atoms with Crippen molar-refractivity contribution in [1.82, 2.24) is 8.61 Å². The summed E-state index contributed by atoms with van der Waals surface area (Å²) in [5, 5.41) is 2.77. The van der Waals surface area contributed by atoms with Gasteiger partial charge in [0.25, 0.3) is 0 Å². The Balaban J connectivity index is 1.51. The molecule has 2 heterocycles. The number of anilines is 1. The van der Waals surface area contributed by atoms with E-state index >= 15 is 0 Å². The van der Waals surface area contributed by atoms with E-state index in [0.29, 0.717) is 38.3 Å². The third kappa shape index (κ3) is 5.57. The summed E-state index contributed by atoms with van der Waals surface area (Å²) >= 11 is 0. The van der Waals surface area contributed by atoms with Gasteiger partial charge in [-0.25, -0.2) is 16.8 Å². The average molecular weight is 538 g/mol. The molecule has 196 valence electrons. The van der Waals surface area contributed by atoms with Gasteiger partial charge in [0.1, 0.15) is 10.6 Å². The first-order valence-corrected chi connectivity index (χ1v) is 14.6. The summed E-state index contributed by atoms with van der Waals surface area (Å²) in [7, 11) is -6.20. The van der Waals surface area contributed by atoms with Crippen LogP contribution in [-0.2, 0) is 29.6 Å². The molecule has 2 aliphatic rings. The van der Waals surface area contributed by atoms with Gasteiger partial charge in [-0.2, -0.15) is 8.61 Å². The molecule has 2 aliphatic heterocycles. The fourth-order valence-electron chi connectivity index (χ4n) is 4.36. The number of hydrogen-bond acceptors (Lipinski definition) is 7. The van der Waals surface area contributed by atoms with Crippen molar-refractivity contribution in [3.8, 4) is 5.75 Å². The second-order valence-electron chi connectivity index (χ2n) is 8.89. The molecular formula is C24H31N3O7S2. The molecule has 2 aromatic carbocycles. The number of benzene rings is 2. The summed E-state index contributed by atoms with van der Waals surface area (Å²) in [4.78, 5) is 13.3. The Labute approximate surface area is 212 Å². The minimum absolute atomic E-state index is 0.0445. The SMILES string of the molecule is COc1ccc(NC(=O)C2CCCN(S(=O)(=O)c3ccc(C)cc3)C2)cc1S(=O)(=O)N1CCOCC1. The minimum Gasteiger partial charge on any atom is -0.495 e. The zero-order chi connectivity index (χ0) is 25.9. The van der Waals surface area contributed by atoms with Crippen molar-refractivity contribution in [1.29, 1.82) is 0 Å². The largest absolute Gasteiger partial charge is 0.495 e. The molecule has 1 unspecified atom stereocenters. The summed E-state index contributed by atoms with van der Waals surface area (Å²) in [5.74, 6) is -0.758. The van der Waals surface area contributed by atoms with Crippen molar-refractivity contribution >= 4 is 31.6 Å². The van der Waals surface area contributed by atoms with Crippen LogP contribution in [0.2, 0.25) is 0 Å². The summed E-state index contributed by atoms with van der Waals surface area (Å²) in [6, 6.07) is 11.1. The van der Waals surface area contributed by atoms with Crippen molar-refractivity contribution in [3.63, 3.8) is 0 Å². The molecule has 2 fully saturated rings. The number of hydrogen-bond donors (Lipinski definition) is 1. The third-order valence-electron chi connectivity index (χ3n) is 6.43. The minimum atomic E-state index is -3.86. The van der Waals surface area contributed by atoms with Crippen LogP contribution in [0.1, 0.15) is 18.4 Å². The lowest BCUT2D eigenvalue weighted by molar-refractivity contribution is -0.120. The standard InChI is InChI=1S/C24H31N3O7S2/c1-18-5-8-21(9-6-18)35(29,30)27-11-3-4-19(17-27)24(28)25-20-7-10-22(33-2)23(16-20)36(31,32)26-12-14-34-15-13-26/h5-10,16,19H,3-4,11-15,17H2,1-2H3,(H,25,28). The highest BCUT2D eigenvalue weighted by molar-refractivity contribution is 7.89. The number of amides is 1. The highest BCUT2D eigenvalue weighted by atomic mass is 32.2. The van der Waals surface area contributed by atoms with Gasteiger partial charge in [-0.3, -0.25) is 4.79 Å². The maximum Gasteiger partial charge on any atom is 0.246 e. The lowest BCUT2D eigenvalue weighted by Crippen LogP contribution is -2.43.